The summed E-state index contributed by atoms with van der Waals surface area (Å²) in [7, 11) is 0. The van der Waals surface area contributed by atoms with Crippen molar-refractivity contribution in [1.29, 1.82) is 0 Å². The maximum atomic E-state index is 12.1. The number of carbonyl (C=O) groups is 1. The number of benzene rings is 1. The lowest BCUT2D eigenvalue weighted by atomic mass is 10.1. The predicted octanol–water partition coefficient (Wildman–Crippen LogP) is 3.29. The third kappa shape index (κ3) is 5.71. The molecule has 0 spiro atoms. The fourth-order valence-corrected chi connectivity index (χ4v) is 3.29. The highest BCUT2D eigenvalue weighted by Gasteiger charge is 2.16. The molecule has 1 N–H and O–H groups in total. The number of hydrogen-bond acceptors (Lipinski definition) is 3. The monoisotopic (exact) mass is 306 g/mol. The summed E-state index contributed by atoms with van der Waals surface area (Å²) in [5, 5.41) is 3.40. The number of thioether (sulfide) groups is 1. The molecular weight excluding hydrogens is 280 g/mol. The van der Waals surface area contributed by atoms with Crippen molar-refractivity contribution in [2.24, 2.45) is 0 Å². The molecule has 4 heteroatoms. The zero-order chi connectivity index (χ0) is 14.9. The third-order valence-corrected chi connectivity index (χ3v) is 4.75. The van der Waals surface area contributed by atoms with Crippen molar-refractivity contribution in [3.8, 4) is 0 Å². The molecule has 1 amide bonds. The first-order valence-corrected chi connectivity index (χ1v) is 8.98. The Kier molecular flexibility index (Phi) is 7.10. The van der Waals surface area contributed by atoms with Crippen LogP contribution in [-0.2, 0) is 11.3 Å². The summed E-state index contributed by atoms with van der Waals surface area (Å²) in [5.41, 5.74) is 1.30. The van der Waals surface area contributed by atoms with Crippen LogP contribution in [0, 0.1) is 0 Å². The van der Waals surface area contributed by atoms with Crippen LogP contribution in [0.5, 0.6) is 0 Å². The molecule has 0 radical (unpaired) electrons. The molecule has 1 aliphatic rings. The molecule has 0 bridgehead atoms. The van der Waals surface area contributed by atoms with Gasteiger partial charge in [0.25, 0.3) is 0 Å². The highest BCUT2D eigenvalue weighted by atomic mass is 32.2. The number of piperidine rings is 1. The predicted molar refractivity (Wildman–Crippen MR) is 89.6 cm³/mol. The molecule has 0 aromatic heterocycles. The number of nitrogens with zero attached hydrogens (tertiary/aromatic N) is 1. The van der Waals surface area contributed by atoms with Crippen molar-refractivity contribution in [3.63, 3.8) is 0 Å². The summed E-state index contributed by atoms with van der Waals surface area (Å²) in [6, 6.07) is 8.54. The summed E-state index contributed by atoms with van der Waals surface area (Å²) in [6.45, 7) is 6.04. The molecule has 0 atom stereocenters. The van der Waals surface area contributed by atoms with Gasteiger partial charge in [-0.15, -0.1) is 11.8 Å². The molecule has 0 aliphatic carbocycles. The van der Waals surface area contributed by atoms with Crippen LogP contribution in [0.4, 0.5) is 0 Å². The molecule has 0 saturated carbocycles. The maximum absolute atomic E-state index is 12.1. The highest BCUT2D eigenvalue weighted by Crippen LogP contribution is 2.20. The smallest absolute Gasteiger partial charge is 0.232 e. The summed E-state index contributed by atoms with van der Waals surface area (Å²) >= 11 is 1.65. The van der Waals surface area contributed by atoms with Gasteiger partial charge in [0.05, 0.1) is 5.75 Å². The normalized spacial score (nSPS) is 15.2. The number of amides is 1. The minimum absolute atomic E-state index is 0.286. The van der Waals surface area contributed by atoms with E-state index in [1.807, 2.05) is 4.90 Å². The van der Waals surface area contributed by atoms with Crippen molar-refractivity contribution >= 4 is 17.7 Å². The van der Waals surface area contributed by atoms with E-state index < -0.39 is 0 Å². The Labute approximate surface area is 132 Å². The molecule has 1 heterocycles. The van der Waals surface area contributed by atoms with E-state index in [0.29, 0.717) is 5.75 Å². The lowest BCUT2D eigenvalue weighted by Crippen LogP contribution is -2.36. The quantitative estimate of drug-likeness (QED) is 0.620. The van der Waals surface area contributed by atoms with Crippen LogP contribution in [0.2, 0.25) is 0 Å². The molecule has 0 unspecified atom stereocenters. The van der Waals surface area contributed by atoms with Crippen LogP contribution >= 0.6 is 11.8 Å². The second-order valence-electron chi connectivity index (χ2n) is 5.55. The average molecular weight is 306 g/mol. The zero-order valence-corrected chi connectivity index (χ0v) is 13.8. The minimum Gasteiger partial charge on any atom is -0.342 e. The second kappa shape index (κ2) is 9.11. The summed E-state index contributed by atoms with van der Waals surface area (Å²) in [6.07, 6.45) is 4.75. The van der Waals surface area contributed by atoms with Gasteiger partial charge < -0.3 is 10.2 Å². The fourth-order valence-electron chi connectivity index (χ4n) is 2.49. The van der Waals surface area contributed by atoms with E-state index >= 15 is 0 Å². The first-order chi connectivity index (χ1) is 10.3. The Morgan fingerprint density at radius 1 is 1.19 bits per heavy atom. The SMILES string of the molecule is CCCNCc1ccc(SCC(=O)N2CCCCC2)cc1. The molecule has 2 rings (SSSR count). The van der Waals surface area contributed by atoms with E-state index in [4.69, 9.17) is 0 Å². The summed E-state index contributed by atoms with van der Waals surface area (Å²) in [4.78, 5) is 15.3. The molecule has 1 aromatic rings. The van der Waals surface area contributed by atoms with Gasteiger partial charge in [-0.2, -0.15) is 0 Å². The summed E-state index contributed by atoms with van der Waals surface area (Å²) in [5.74, 6) is 0.848. The van der Waals surface area contributed by atoms with Crippen LogP contribution in [0.25, 0.3) is 0 Å². The Hall–Kier alpha value is -1.00. The van der Waals surface area contributed by atoms with Gasteiger partial charge in [-0.3, -0.25) is 4.79 Å². The van der Waals surface area contributed by atoms with E-state index in [9.17, 15) is 4.79 Å². The Bertz CT molecular complexity index is 427. The van der Waals surface area contributed by atoms with E-state index in [-0.39, 0.29) is 5.91 Å². The zero-order valence-electron chi connectivity index (χ0n) is 12.9. The van der Waals surface area contributed by atoms with Gasteiger partial charge in [-0.05, 0) is 49.9 Å². The van der Waals surface area contributed by atoms with E-state index in [2.05, 4.69) is 36.5 Å². The maximum Gasteiger partial charge on any atom is 0.232 e. The number of carbonyl (C=O) groups excluding carboxylic acids is 1. The van der Waals surface area contributed by atoms with Gasteiger partial charge in [0.2, 0.25) is 5.91 Å². The van der Waals surface area contributed by atoms with E-state index in [1.54, 1.807) is 11.8 Å². The molecule has 21 heavy (non-hydrogen) atoms. The molecule has 3 nitrogen and oxygen atoms in total. The van der Waals surface area contributed by atoms with Crippen LogP contribution in [0.3, 0.4) is 0 Å². The van der Waals surface area contributed by atoms with Crippen molar-refractivity contribution in [2.75, 3.05) is 25.4 Å². The first kappa shape index (κ1) is 16.4. The largest absolute Gasteiger partial charge is 0.342 e. The molecule has 1 aliphatic heterocycles. The van der Waals surface area contributed by atoms with Crippen LogP contribution in [0.1, 0.15) is 38.2 Å². The molecule has 1 saturated heterocycles. The third-order valence-electron chi connectivity index (χ3n) is 3.75. The van der Waals surface area contributed by atoms with E-state index in [1.165, 1.54) is 16.9 Å². The Morgan fingerprint density at radius 2 is 1.90 bits per heavy atom. The Morgan fingerprint density at radius 3 is 2.57 bits per heavy atom. The average Bonchev–Trinajstić information content (AvgIpc) is 2.55. The topological polar surface area (TPSA) is 32.3 Å². The lowest BCUT2D eigenvalue weighted by molar-refractivity contribution is -0.129. The standard InChI is InChI=1S/C17H26N2OS/c1-2-10-18-13-15-6-8-16(9-7-15)21-14-17(20)19-11-4-3-5-12-19/h6-9,18H,2-5,10-14H2,1H3. The van der Waals surface area contributed by atoms with Crippen LogP contribution in [0.15, 0.2) is 29.2 Å². The number of likely N-dealkylation sites (tertiary alicyclic amines) is 1. The van der Waals surface area contributed by atoms with E-state index in [0.717, 1.165) is 45.4 Å². The molecule has 116 valence electrons. The number of hydrogen-bond donors (Lipinski definition) is 1. The second-order valence-corrected chi connectivity index (χ2v) is 6.60. The fraction of sp³-hybridized carbons (Fsp3) is 0.588. The van der Waals surface area contributed by atoms with Gasteiger partial charge in [-0.25, -0.2) is 0 Å². The number of rotatable bonds is 7. The van der Waals surface area contributed by atoms with Crippen LogP contribution < -0.4 is 5.32 Å². The summed E-state index contributed by atoms with van der Waals surface area (Å²) < 4.78 is 0. The molecule has 1 fully saturated rings. The van der Waals surface area contributed by atoms with Gasteiger partial charge in [-0.1, -0.05) is 19.1 Å². The molecular formula is C17H26N2OS. The Balaban J connectivity index is 1.73. The van der Waals surface area contributed by atoms with Crippen molar-refractivity contribution in [1.82, 2.24) is 10.2 Å². The highest BCUT2D eigenvalue weighted by molar-refractivity contribution is 8.00. The van der Waals surface area contributed by atoms with Crippen LogP contribution in [-0.4, -0.2) is 36.2 Å². The lowest BCUT2D eigenvalue weighted by Gasteiger charge is -2.26. The van der Waals surface area contributed by atoms with Gasteiger partial charge in [0.1, 0.15) is 0 Å². The molecule has 1 aromatic carbocycles. The van der Waals surface area contributed by atoms with Gasteiger partial charge in [0, 0.05) is 24.5 Å². The van der Waals surface area contributed by atoms with Gasteiger partial charge >= 0.3 is 0 Å². The van der Waals surface area contributed by atoms with Crippen molar-refractivity contribution in [3.05, 3.63) is 29.8 Å². The van der Waals surface area contributed by atoms with Crippen molar-refractivity contribution in [2.45, 2.75) is 44.0 Å². The van der Waals surface area contributed by atoms with Crippen molar-refractivity contribution < 1.29 is 4.79 Å². The first-order valence-electron chi connectivity index (χ1n) is 8.00. The minimum atomic E-state index is 0.286. The van der Waals surface area contributed by atoms with Gasteiger partial charge in [0.15, 0.2) is 0 Å². The number of nitrogens with one attached hydrogen (secondary N) is 1.